The zero-order valence-electron chi connectivity index (χ0n) is 27.2. The molecule has 3 atom stereocenters. The third-order valence-corrected chi connectivity index (χ3v) is 9.51. The van der Waals surface area contributed by atoms with Crippen LogP contribution in [-0.2, 0) is 4.74 Å². The van der Waals surface area contributed by atoms with Crippen LogP contribution in [0.1, 0.15) is 46.5 Å². The normalized spacial score (nSPS) is 22.6. The molecule has 0 radical (unpaired) electrons. The molecule has 0 aliphatic carbocycles. The standard InChI is InChI=1S/C34H47N9O2/c1-23-6-7-24(2)43(23)33-38-31(37-32(39-33)42-20-21-45-22-25(42)3)26-8-10-27(11-9-26)35-34(44)36-28-12-14-30(15-13-28)41-18-16-29(17-19-41)40(4)5/h8-15,23-25,29H,6-7,16-22H2,1-5H3,(H2,35,36,44). The summed E-state index contributed by atoms with van der Waals surface area (Å²) in [7, 11) is 4.31. The van der Waals surface area contributed by atoms with E-state index in [0.717, 1.165) is 62.5 Å². The minimum Gasteiger partial charge on any atom is -0.377 e. The molecule has 11 heteroatoms. The molecule has 0 spiro atoms. The largest absolute Gasteiger partial charge is 0.377 e. The van der Waals surface area contributed by atoms with Crippen molar-refractivity contribution in [3.8, 4) is 11.4 Å². The lowest BCUT2D eigenvalue weighted by atomic mass is 10.0. The van der Waals surface area contributed by atoms with E-state index in [1.54, 1.807) is 0 Å². The van der Waals surface area contributed by atoms with Gasteiger partial charge in [-0.3, -0.25) is 0 Å². The van der Waals surface area contributed by atoms with Gasteiger partial charge < -0.3 is 35.0 Å². The highest BCUT2D eigenvalue weighted by atomic mass is 16.5. The molecule has 11 nitrogen and oxygen atoms in total. The Bertz CT molecular complexity index is 1430. The lowest BCUT2D eigenvalue weighted by Gasteiger charge is -2.36. The summed E-state index contributed by atoms with van der Waals surface area (Å²) in [4.78, 5) is 36.9. The summed E-state index contributed by atoms with van der Waals surface area (Å²) in [5.74, 6) is 2.03. The maximum absolute atomic E-state index is 12.8. The van der Waals surface area contributed by atoms with E-state index in [1.807, 2.05) is 36.4 Å². The van der Waals surface area contributed by atoms with Crippen LogP contribution in [0.4, 0.5) is 33.8 Å². The Labute approximate surface area is 267 Å². The average molecular weight is 614 g/mol. The van der Waals surface area contributed by atoms with E-state index < -0.39 is 0 Å². The smallest absolute Gasteiger partial charge is 0.323 e. The van der Waals surface area contributed by atoms with Gasteiger partial charge in [-0.1, -0.05) is 0 Å². The van der Waals surface area contributed by atoms with Gasteiger partial charge in [0.05, 0.1) is 19.3 Å². The Morgan fingerprint density at radius 2 is 1.38 bits per heavy atom. The van der Waals surface area contributed by atoms with Gasteiger partial charge in [0.1, 0.15) is 0 Å². The van der Waals surface area contributed by atoms with Crippen molar-refractivity contribution in [2.75, 3.05) is 72.3 Å². The maximum atomic E-state index is 12.8. The number of aromatic nitrogens is 3. The fourth-order valence-electron chi connectivity index (χ4n) is 6.73. The number of amides is 2. The topological polar surface area (TPSA) is 102 Å². The molecule has 4 heterocycles. The SMILES string of the molecule is CC1COCCN1c1nc(-c2ccc(NC(=O)Nc3ccc(N4CCC(N(C)C)CC4)cc3)cc2)nc(N2C(C)CCC2C)n1. The second kappa shape index (κ2) is 13.6. The number of carbonyl (C=O) groups is 1. The number of hydrogen-bond acceptors (Lipinski definition) is 9. The first-order chi connectivity index (χ1) is 21.7. The molecule has 2 aromatic carbocycles. The van der Waals surface area contributed by atoms with Crippen molar-refractivity contribution in [1.29, 1.82) is 0 Å². The molecular formula is C34H47N9O2. The van der Waals surface area contributed by atoms with Gasteiger partial charge in [-0.15, -0.1) is 0 Å². The number of carbonyl (C=O) groups excluding carboxylic acids is 1. The molecule has 45 heavy (non-hydrogen) atoms. The van der Waals surface area contributed by atoms with Gasteiger partial charge in [0.2, 0.25) is 11.9 Å². The summed E-state index contributed by atoms with van der Waals surface area (Å²) in [6.07, 6.45) is 4.56. The molecule has 2 amide bonds. The molecule has 2 N–H and O–H groups in total. The van der Waals surface area contributed by atoms with E-state index in [9.17, 15) is 4.79 Å². The van der Waals surface area contributed by atoms with Gasteiger partial charge >= 0.3 is 6.03 Å². The third kappa shape index (κ3) is 7.15. The van der Waals surface area contributed by atoms with E-state index >= 15 is 0 Å². The summed E-state index contributed by atoms with van der Waals surface area (Å²) < 4.78 is 5.67. The molecule has 0 bridgehead atoms. The Hall–Kier alpha value is -3.96. The summed E-state index contributed by atoms with van der Waals surface area (Å²) >= 11 is 0. The number of anilines is 5. The molecule has 6 rings (SSSR count). The van der Waals surface area contributed by atoms with Gasteiger partial charge in [0, 0.05) is 60.4 Å². The highest BCUT2D eigenvalue weighted by Gasteiger charge is 2.32. The highest BCUT2D eigenvalue weighted by Crippen LogP contribution is 2.31. The number of hydrogen-bond donors (Lipinski definition) is 2. The summed E-state index contributed by atoms with van der Waals surface area (Å²) in [6, 6.07) is 17.0. The number of piperidine rings is 1. The van der Waals surface area contributed by atoms with Gasteiger partial charge in [0.25, 0.3) is 0 Å². The van der Waals surface area contributed by atoms with Crippen molar-refractivity contribution in [3.05, 3.63) is 48.5 Å². The Morgan fingerprint density at radius 3 is 1.98 bits per heavy atom. The lowest BCUT2D eigenvalue weighted by molar-refractivity contribution is 0.0981. The first-order valence-corrected chi connectivity index (χ1v) is 16.3. The number of morpholine rings is 1. The molecular weight excluding hydrogens is 566 g/mol. The van der Waals surface area contributed by atoms with Gasteiger partial charge in [-0.05, 0) is 109 Å². The number of nitrogens with zero attached hydrogens (tertiary/aromatic N) is 7. The fraction of sp³-hybridized carbons (Fsp3) is 0.529. The number of rotatable bonds is 7. The summed E-state index contributed by atoms with van der Waals surface area (Å²) in [5.41, 5.74) is 3.50. The van der Waals surface area contributed by atoms with Gasteiger partial charge in [-0.2, -0.15) is 15.0 Å². The van der Waals surface area contributed by atoms with E-state index in [1.165, 1.54) is 5.69 Å². The number of ether oxygens (including phenoxy) is 1. The zero-order chi connectivity index (χ0) is 31.5. The van der Waals surface area contributed by atoms with Crippen molar-refractivity contribution in [1.82, 2.24) is 19.9 Å². The fourth-order valence-corrected chi connectivity index (χ4v) is 6.73. The van der Waals surface area contributed by atoms with E-state index in [-0.39, 0.29) is 12.1 Å². The van der Waals surface area contributed by atoms with Crippen LogP contribution < -0.4 is 25.3 Å². The predicted molar refractivity (Wildman–Crippen MR) is 182 cm³/mol. The Kier molecular flexibility index (Phi) is 9.37. The number of urea groups is 1. The minimum atomic E-state index is -0.287. The molecule has 1 aromatic heterocycles. The molecule has 3 fully saturated rings. The van der Waals surface area contributed by atoms with E-state index in [0.29, 0.717) is 48.8 Å². The second-order valence-corrected chi connectivity index (χ2v) is 12.9. The zero-order valence-corrected chi connectivity index (χ0v) is 27.2. The van der Waals surface area contributed by atoms with Crippen molar-refractivity contribution >= 4 is 35.0 Å². The molecule has 3 saturated heterocycles. The first-order valence-electron chi connectivity index (χ1n) is 16.3. The molecule has 3 aliphatic rings. The maximum Gasteiger partial charge on any atom is 0.323 e. The van der Waals surface area contributed by atoms with E-state index in [4.69, 9.17) is 19.7 Å². The minimum absolute atomic E-state index is 0.178. The van der Waals surface area contributed by atoms with Crippen LogP contribution in [0.15, 0.2) is 48.5 Å². The molecule has 3 aromatic rings. The Balaban J connectivity index is 1.12. The summed E-state index contributed by atoms with van der Waals surface area (Å²) in [5, 5.41) is 5.90. The lowest BCUT2D eigenvalue weighted by Crippen LogP contribution is -2.45. The average Bonchev–Trinajstić information content (AvgIpc) is 3.39. The van der Waals surface area contributed by atoms with E-state index in [2.05, 4.69) is 77.2 Å². The predicted octanol–water partition coefficient (Wildman–Crippen LogP) is 5.32. The van der Waals surface area contributed by atoms with Crippen LogP contribution in [0.5, 0.6) is 0 Å². The second-order valence-electron chi connectivity index (χ2n) is 12.9. The quantitative estimate of drug-likeness (QED) is 0.367. The highest BCUT2D eigenvalue weighted by molar-refractivity contribution is 5.99. The van der Waals surface area contributed by atoms with Crippen molar-refractivity contribution < 1.29 is 9.53 Å². The van der Waals surface area contributed by atoms with Crippen molar-refractivity contribution in [2.45, 2.75) is 70.6 Å². The van der Waals surface area contributed by atoms with Crippen LogP contribution in [0.25, 0.3) is 11.4 Å². The van der Waals surface area contributed by atoms with Crippen LogP contribution in [0.2, 0.25) is 0 Å². The Morgan fingerprint density at radius 1 is 0.778 bits per heavy atom. The number of nitrogens with one attached hydrogen (secondary N) is 2. The molecule has 3 unspecified atom stereocenters. The van der Waals surface area contributed by atoms with Crippen molar-refractivity contribution in [3.63, 3.8) is 0 Å². The van der Waals surface area contributed by atoms with Crippen LogP contribution in [0, 0.1) is 0 Å². The molecule has 0 saturated carbocycles. The van der Waals surface area contributed by atoms with Gasteiger partial charge in [0.15, 0.2) is 5.82 Å². The third-order valence-electron chi connectivity index (χ3n) is 9.51. The van der Waals surface area contributed by atoms with Crippen LogP contribution >= 0.6 is 0 Å². The van der Waals surface area contributed by atoms with Gasteiger partial charge in [-0.25, -0.2) is 4.79 Å². The number of benzene rings is 2. The van der Waals surface area contributed by atoms with Crippen molar-refractivity contribution in [2.24, 2.45) is 0 Å². The molecule has 240 valence electrons. The summed E-state index contributed by atoms with van der Waals surface area (Å²) in [6.45, 7) is 10.7. The van der Waals surface area contributed by atoms with Crippen LogP contribution in [-0.4, -0.2) is 97.0 Å². The van der Waals surface area contributed by atoms with Crippen LogP contribution in [0.3, 0.4) is 0 Å². The molecule has 3 aliphatic heterocycles. The monoisotopic (exact) mass is 613 g/mol. The first kappa shape index (κ1) is 31.0.